The Morgan fingerprint density at radius 1 is 0.522 bits per heavy atom. The molecule has 220 valence electrons. The predicted octanol–water partition coefficient (Wildman–Crippen LogP) is 11.5. The van der Waals surface area contributed by atoms with Crippen molar-refractivity contribution >= 4 is 27.1 Å². The molecule has 1 aliphatic rings. The van der Waals surface area contributed by atoms with Crippen molar-refractivity contribution in [3.63, 3.8) is 0 Å². The quantitative estimate of drug-likeness (QED) is 0.186. The summed E-state index contributed by atoms with van der Waals surface area (Å²) >= 11 is 0. The molecule has 2 heterocycles. The summed E-state index contributed by atoms with van der Waals surface area (Å²) in [7, 11) is 0. The molecule has 8 rings (SSSR count). The Kier molecular flexibility index (Phi) is 7.11. The molecule has 0 amide bonds. The van der Waals surface area contributed by atoms with Crippen molar-refractivity contribution in [1.82, 2.24) is 9.97 Å². The Hall–Kier alpha value is -5.60. The summed E-state index contributed by atoms with van der Waals surface area (Å²) < 4.78 is 0. The van der Waals surface area contributed by atoms with E-state index in [1.807, 2.05) is 18.5 Å². The Morgan fingerprint density at radius 3 is 1.89 bits per heavy atom. The highest BCUT2D eigenvalue weighted by atomic mass is 14.7. The molecule has 0 saturated carbocycles. The lowest BCUT2D eigenvalue weighted by Gasteiger charge is -2.22. The molecule has 0 fully saturated rings. The Labute approximate surface area is 270 Å². The van der Waals surface area contributed by atoms with Crippen LogP contribution in [0.5, 0.6) is 0 Å². The minimum atomic E-state index is 0.279. The van der Waals surface area contributed by atoms with Crippen LogP contribution in [0.4, 0.5) is 0 Å². The predicted molar refractivity (Wildman–Crippen MR) is 194 cm³/mol. The summed E-state index contributed by atoms with van der Waals surface area (Å²) in [5.74, 6) is 0.279. The highest BCUT2D eigenvalue weighted by Crippen LogP contribution is 2.45. The Morgan fingerprint density at radius 2 is 1.17 bits per heavy atom. The van der Waals surface area contributed by atoms with Crippen LogP contribution in [0.15, 0.2) is 152 Å². The van der Waals surface area contributed by atoms with Gasteiger partial charge in [-0.05, 0) is 117 Å². The zero-order chi connectivity index (χ0) is 31.0. The van der Waals surface area contributed by atoms with Crippen LogP contribution in [0.1, 0.15) is 34.7 Å². The average molecular weight is 591 g/mol. The maximum atomic E-state index is 4.70. The van der Waals surface area contributed by atoms with Gasteiger partial charge in [-0.1, -0.05) is 109 Å². The molecule has 1 atom stereocenters. The summed E-state index contributed by atoms with van der Waals surface area (Å²) in [6.07, 6.45) is 11.8. The first-order valence-electron chi connectivity index (χ1n) is 16.0. The second-order valence-electron chi connectivity index (χ2n) is 12.3. The molecule has 2 aromatic heterocycles. The second-order valence-corrected chi connectivity index (χ2v) is 12.3. The molecule has 0 saturated heterocycles. The molecule has 5 aromatic carbocycles. The molecule has 1 aliphatic carbocycles. The molecule has 7 aromatic rings. The minimum absolute atomic E-state index is 0.279. The van der Waals surface area contributed by atoms with Crippen LogP contribution in [0.25, 0.3) is 60.6 Å². The lowest BCUT2D eigenvalue weighted by Crippen LogP contribution is -2.02. The van der Waals surface area contributed by atoms with Crippen molar-refractivity contribution in [2.45, 2.75) is 26.2 Å². The zero-order valence-corrected chi connectivity index (χ0v) is 26.1. The van der Waals surface area contributed by atoms with Crippen LogP contribution in [-0.2, 0) is 0 Å². The van der Waals surface area contributed by atoms with Crippen LogP contribution in [0.3, 0.4) is 0 Å². The molecule has 2 nitrogen and oxygen atoms in total. The molecule has 0 spiro atoms. The van der Waals surface area contributed by atoms with E-state index in [1.54, 1.807) is 0 Å². The summed E-state index contributed by atoms with van der Waals surface area (Å²) in [5.41, 5.74) is 13.2. The van der Waals surface area contributed by atoms with Crippen LogP contribution in [0, 0.1) is 13.8 Å². The second kappa shape index (κ2) is 11.7. The van der Waals surface area contributed by atoms with Crippen molar-refractivity contribution < 1.29 is 0 Å². The number of aryl methyl sites for hydroxylation is 2. The van der Waals surface area contributed by atoms with Crippen molar-refractivity contribution in [3.05, 3.63) is 174 Å². The Balaban J connectivity index is 1.33. The third-order valence-corrected chi connectivity index (χ3v) is 9.22. The average Bonchev–Trinajstić information content (AvgIpc) is 3.11. The number of aromatic nitrogens is 2. The molecule has 0 aliphatic heterocycles. The fourth-order valence-electron chi connectivity index (χ4n) is 6.90. The van der Waals surface area contributed by atoms with Crippen molar-refractivity contribution in [3.8, 4) is 33.5 Å². The van der Waals surface area contributed by atoms with Gasteiger partial charge in [-0.2, -0.15) is 0 Å². The first kappa shape index (κ1) is 27.9. The van der Waals surface area contributed by atoms with E-state index in [-0.39, 0.29) is 5.92 Å². The lowest BCUT2D eigenvalue weighted by atomic mass is 9.82. The molecule has 2 heteroatoms. The van der Waals surface area contributed by atoms with Crippen molar-refractivity contribution in [1.29, 1.82) is 0 Å². The SMILES string of the molecule is Cc1ccnc(-c2ccc(-c3c4ccccc4c(C4=CCC(c5cc(C)ccn5)C=C4)c4cc(-c5ccccc5)ccc34)cc2)c1. The van der Waals surface area contributed by atoms with Crippen LogP contribution in [0.2, 0.25) is 0 Å². The zero-order valence-electron chi connectivity index (χ0n) is 26.1. The van der Waals surface area contributed by atoms with Crippen LogP contribution in [-0.4, -0.2) is 9.97 Å². The maximum absolute atomic E-state index is 4.70. The number of allylic oxidation sites excluding steroid dienone is 4. The number of rotatable bonds is 5. The minimum Gasteiger partial charge on any atom is -0.261 e. The van der Waals surface area contributed by atoms with E-state index in [0.29, 0.717) is 0 Å². The van der Waals surface area contributed by atoms with E-state index in [2.05, 4.69) is 152 Å². The Bertz CT molecular complexity index is 2290. The number of nitrogens with zero attached hydrogens (tertiary/aromatic N) is 2. The van der Waals surface area contributed by atoms with Gasteiger partial charge in [0, 0.05) is 29.6 Å². The number of benzene rings is 5. The van der Waals surface area contributed by atoms with Gasteiger partial charge in [-0.15, -0.1) is 0 Å². The van der Waals surface area contributed by atoms with E-state index in [1.165, 1.54) is 66.1 Å². The third kappa shape index (κ3) is 5.12. The van der Waals surface area contributed by atoms with Gasteiger partial charge in [0.15, 0.2) is 0 Å². The summed E-state index contributed by atoms with van der Waals surface area (Å²) in [4.78, 5) is 9.32. The van der Waals surface area contributed by atoms with Gasteiger partial charge in [-0.3, -0.25) is 9.97 Å². The van der Waals surface area contributed by atoms with Crippen molar-refractivity contribution in [2.75, 3.05) is 0 Å². The van der Waals surface area contributed by atoms with Gasteiger partial charge in [0.25, 0.3) is 0 Å². The molecule has 46 heavy (non-hydrogen) atoms. The number of pyridine rings is 2. The maximum Gasteiger partial charge on any atom is 0.0704 e. The molecule has 0 bridgehead atoms. The molecule has 0 N–H and O–H groups in total. The highest BCUT2D eigenvalue weighted by molar-refractivity contribution is 6.20. The van der Waals surface area contributed by atoms with Crippen LogP contribution >= 0.6 is 0 Å². The number of hydrogen-bond acceptors (Lipinski definition) is 2. The monoisotopic (exact) mass is 590 g/mol. The van der Waals surface area contributed by atoms with Crippen molar-refractivity contribution in [2.24, 2.45) is 0 Å². The molecular weight excluding hydrogens is 556 g/mol. The summed E-state index contributed by atoms with van der Waals surface area (Å²) in [5, 5.41) is 5.05. The van der Waals surface area contributed by atoms with Gasteiger partial charge < -0.3 is 0 Å². The lowest BCUT2D eigenvalue weighted by molar-refractivity contribution is 0.816. The third-order valence-electron chi connectivity index (χ3n) is 9.22. The number of fused-ring (bicyclic) bond motifs is 2. The van der Waals surface area contributed by atoms with E-state index in [4.69, 9.17) is 4.98 Å². The highest BCUT2D eigenvalue weighted by Gasteiger charge is 2.20. The fourth-order valence-corrected chi connectivity index (χ4v) is 6.90. The van der Waals surface area contributed by atoms with E-state index in [9.17, 15) is 0 Å². The van der Waals surface area contributed by atoms with Gasteiger partial charge in [0.1, 0.15) is 0 Å². The van der Waals surface area contributed by atoms with Gasteiger partial charge in [0.05, 0.1) is 5.69 Å². The summed E-state index contributed by atoms with van der Waals surface area (Å²) in [6, 6.07) is 44.0. The first-order chi connectivity index (χ1) is 22.6. The van der Waals surface area contributed by atoms with Crippen LogP contribution < -0.4 is 0 Å². The smallest absolute Gasteiger partial charge is 0.0704 e. The molecule has 0 radical (unpaired) electrons. The summed E-state index contributed by atoms with van der Waals surface area (Å²) in [6.45, 7) is 4.25. The van der Waals surface area contributed by atoms with Gasteiger partial charge in [0.2, 0.25) is 0 Å². The standard InChI is InChI=1S/C44H34N2/c1-29-22-24-45-41(26-29)32-12-16-34(17-13-32)43-37-10-6-7-11-38(37)44(35-18-14-33(15-19-35)42-27-30(2)23-25-46-42)40-28-36(20-21-39(40)43)31-8-4-3-5-9-31/h3-14,16-28,33H,15H2,1-2H3. The molecular formula is C44H34N2. The fraction of sp³-hybridized carbons (Fsp3) is 0.0909. The largest absolute Gasteiger partial charge is 0.261 e. The van der Waals surface area contributed by atoms with E-state index >= 15 is 0 Å². The van der Waals surface area contributed by atoms with Gasteiger partial charge >= 0.3 is 0 Å². The molecule has 1 unspecified atom stereocenters. The normalized spacial score (nSPS) is 14.5. The van der Waals surface area contributed by atoms with E-state index < -0.39 is 0 Å². The van der Waals surface area contributed by atoms with Gasteiger partial charge in [-0.25, -0.2) is 0 Å². The van der Waals surface area contributed by atoms with E-state index in [0.717, 1.165) is 23.4 Å². The number of hydrogen-bond donors (Lipinski definition) is 0. The first-order valence-corrected chi connectivity index (χ1v) is 16.0. The topological polar surface area (TPSA) is 25.8 Å².